The van der Waals surface area contributed by atoms with Crippen LogP contribution in [0.3, 0.4) is 0 Å². The molecule has 0 rings (SSSR count). The summed E-state index contributed by atoms with van der Waals surface area (Å²) < 4.78 is 30.1. The normalized spacial score (nSPS) is 14.3. The largest absolute Gasteiger partial charge is 0.756 e. The van der Waals surface area contributed by atoms with Gasteiger partial charge in [0.1, 0.15) is 19.3 Å². The fourth-order valence-electron chi connectivity index (χ4n) is 7.78. The van der Waals surface area contributed by atoms with Gasteiger partial charge in [-0.15, -0.1) is 0 Å². The van der Waals surface area contributed by atoms with Crippen molar-refractivity contribution in [1.29, 1.82) is 0 Å². The number of carbonyl (C=O) groups is 2. The second kappa shape index (κ2) is 48.3. The molecule has 0 aromatic rings. The SMILES string of the molecule is CCCCC/C=C\C/C=C\CCCCCCCCCC(=O)NC(COP(=O)([O-])OCC[N+](C)(C)C)C(/C=C\CCCCCCCCCCCC)OC(=O)CC/C=C/C/C=C\CCCCCCCC. The molecule has 68 heavy (non-hydrogen) atoms. The monoisotopic (exact) mass is 975 g/mol. The van der Waals surface area contributed by atoms with E-state index in [2.05, 4.69) is 68.6 Å². The number of phosphoric acid groups is 1. The minimum absolute atomic E-state index is 0.0327. The third-order valence-electron chi connectivity index (χ3n) is 12.2. The zero-order chi connectivity index (χ0) is 50.1. The van der Waals surface area contributed by atoms with Crippen LogP contribution >= 0.6 is 7.82 Å². The highest BCUT2D eigenvalue weighted by Crippen LogP contribution is 2.38. The van der Waals surface area contributed by atoms with Gasteiger partial charge in [-0.25, -0.2) is 0 Å². The maximum Gasteiger partial charge on any atom is 0.306 e. The number of hydrogen-bond donors (Lipinski definition) is 1. The van der Waals surface area contributed by atoms with Crippen LogP contribution in [0.4, 0.5) is 0 Å². The van der Waals surface area contributed by atoms with Crippen LogP contribution in [0.5, 0.6) is 0 Å². The van der Waals surface area contributed by atoms with Crippen molar-refractivity contribution in [2.24, 2.45) is 0 Å². The van der Waals surface area contributed by atoms with Crippen LogP contribution in [0.1, 0.15) is 245 Å². The van der Waals surface area contributed by atoms with E-state index >= 15 is 0 Å². The highest BCUT2D eigenvalue weighted by molar-refractivity contribution is 7.45. The zero-order valence-electron chi connectivity index (χ0n) is 45.1. The Morgan fingerprint density at radius 2 is 0.912 bits per heavy atom. The molecule has 0 bridgehead atoms. The summed E-state index contributed by atoms with van der Waals surface area (Å²) in [7, 11) is 1.15. The molecule has 0 heterocycles. The van der Waals surface area contributed by atoms with Gasteiger partial charge >= 0.3 is 5.97 Å². The van der Waals surface area contributed by atoms with Crippen LogP contribution in [0.25, 0.3) is 0 Å². The van der Waals surface area contributed by atoms with Crippen molar-refractivity contribution in [1.82, 2.24) is 5.32 Å². The minimum Gasteiger partial charge on any atom is -0.756 e. The average molecular weight is 975 g/mol. The van der Waals surface area contributed by atoms with E-state index in [1.54, 1.807) is 6.08 Å². The number of esters is 1. The Balaban J connectivity index is 5.43. The van der Waals surface area contributed by atoms with E-state index in [9.17, 15) is 19.0 Å². The minimum atomic E-state index is -4.70. The van der Waals surface area contributed by atoms with Gasteiger partial charge < -0.3 is 28.5 Å². The van der Waals surface area contributed by atoms with Crippen LogP contribution in [-0.4, -0.2) is 69.4 Å². The number of likely N-dealkylation sites (N-methyl/N-ethyl adjacent to an activating group) is 1. The first-order valence-electron chi connectivity index (χ1n) is 28.1. The molecule has 9 nitrogen and oxygen atoms in total. The molecular formula is C58H107N2O7P. The second-order valence-corrected chi connectivity index (χ2v) is 21.5. The van der Waals surface area contributed by atoms with Gasteiger partial charge in [0.05, 0.1) is 33.8 Å². The summed E-state index contributed by atoms with van der Waals surface area (Å²) in [5.74, 6) is -0.628. The number of hydrogen-bond acceptors (Lipinski definition) is 7. The fraction of sp³-hybridized carbons (Fsp3) is 0.793. The predicted octanol–water partition coefficient (Wildman–Crippen LogP) is 16.1. The van der Waals surface area contributed by atoms with Crippen LogP contribution in [0, 0.1) is 0 Å². The Hall–Kier alpha value is -2.29. The summed E-state index contributed by atoms with van der Waals surface area (Å²) in [5.41, 5.74) is 0. The smallest absolute Gasteiger partial charge is 0.306 e. The van der Waals surface area contributed by atoms with Crippen molar-refractivity contribution >= 4 is 19.7 Å². The number of phosphoric ester groups is 1. The van der Waals surface area contributed by atoms with Gasteiger partial charge in [-0.3, -0.25) is 14.2 Å². The number of allylic oxidation sites excluding steroid dienone is 9. The van der Waals surface area contributed by atoms with E-state index in [4.69, 9.17) is 13.8 Å². The molecule has 0 aromatic heterocycles. The molecule has 396 valence electrons. The third-order valence-corrected chi connectivity index (χ3v) is 13.1. The highest BCUT2D eigenvalue weighted by atomic mass is 31.2. The van der Waals surface area contributed by atoms with E-state index in [1.807, 2.05) is 33.3 Å². The van der Waals surface area contributed by atoms with Crippen molar-refractivity contribution < 1.29 is 37.3 Å². The number of nitrogens with zero attached hydrogens (tertiary/aromatic N) is 1. The average Bonchev–Trinajstić information content (AvgIpc) is 3.29. The van der Waals surface area contributed by atoms with Crippen molar-refractivity contribution in [2.45, 2.75) is 258 Å². The van der Waals surface area contributed by atoms with Crippen LogP contribution in [0.2, 0.25) is 0 Å². The summed E-state index contributed by atoms with van der Waals surface area (Å²) in [5, 5.41) is 3.00. The van der Waals surface area contributed by atoms with Gasteiger partial charge in [0.15, 0.2) is 0 Å². The Morgan fingerprint density at radius 3 is 1.38 bits per heavy atom. The van der Waals surface area contributed by atoms with Gasteiger partial charge in [0.25, 0.3) is 7.82 Å². The lowest BCUT2D eigenvalue weighted by Crippen LogP contribution is -2.47. The van der Waals surface area contributed by atoms with Gasteiger partial charge in [0.2, 0.25) is 5.91 Å². The number of unbranched alkanes of at least 4 members (excludes halogenated alkanes) is 26. The molecule has 3 atom stereocenters. The van der Waals surface area contributed by atoms with Gasteiger partial charge in [-0.1, -0.05) is 210 Å². The van der Waals surface area contributed by atoms with E-state index in [1.165, 1.54) is 135 Å². The standard InChI is InChI=1S/C58H107N2O7P/c1-7-10-13-16-19-22-25-28-29-30-31-33-35-38-41-44-47-50-57(61)59-55(54-66-68(63,64)65-53-52-60(4,5)6)56(49-46-43-40-37-34-27-24-21-18-15-12-9-3)67-58(62)51-48-45-42-39-36-32-26-23-20-17-14-11-8-2/h19,22,28-29,32,36,42,45-46,49,55-56H,7-18,20-21,23-27,30-31,33-35,37-41,43-44,47-48,50-54H2,1-6H3,(H-,59,61,63,64)/b22-19-,29-28-,36-32-,45-42+,49-46-. The molecule has 0 saturated carbocycles. The molecule has 0 spiro atoms. The molecule has 1 N–H and O–H groups in total. The van der Waals surface area contributed by atoms with Crippen LogP contribution in [0.15, 0.2) is 60.8 Å². The molecule has 0 saturated heterocycles. The molecule has 0 radical (unpaired) electrons. The first-order chi connectivity index (χ1) is 32.9. The first kappa shape index (κ1) is 65.7. The van der Waals surface area contributed by atoms with E-state index in [0.29, 0.717) is 23.9 Å². The van der Waals surface area contributed by atoms with Crippen molar-refractivity contribution in [3.05, 3.63) is 60.8 Å². The molecule has 0 aliphatic heterocycles. The van der Waals surface area contributed by atoms with Crippen molar-refractivity contribution in [3.8, 4) is 0 Å². The van der Waals surface area contributed by atoms with E-state index in [0.717, 1.165) is 70.6 Å². The fourth-order valence-corrected chi connectivity index (χ4v) is 8.50. The molecule has 0 aliphatic carbocycles. The summed E-state index contributed by atoms with van der Waals surface area (Å²) in [6.45, 7) is 6.76. The summed E-state index contributed by atoms with van der Waals surface area (Å²) in [4.78, 5) is 39.7. The number of carbonyl (C=O) groups excluding carboxylic acids is 2. The lowest BCUT2D eigenvalue weighted by Gasteiger charge is -2.30. The Kier molecular flexibility index (Phi) is 46.7. The molecule has 0 fully saturated rings. The predicted molar refractivity (Wildman–Crippen MR) is 289 cm³/mol. The number of quaternary nitrogens is 1. The number of rotatable bonds is 50. The summed E-state index contributed by atoms with van der Waals surface area (Å²) in [6.07, 6.45) is 59.1. The highest BCUT2D eigenvalue weighted by Gasteiger charge is 2.27. The summed E-state index contributed by atoms with van der Waals surface area (Å²) in [6, 6.07) is -0.914. The molecule has 10 heteroatoms. The third kappa shape index (κ3) is 48.7. The van der Waals surface area contributed by atoms with E-state index in [-0.39, 0.29) is 18.9 Å². The second-order valence-electron chi connectivity index (χ2n) is 20.1. The Bertz CT molecular complexity index is 1350. The maximum atomic E-state index is 13.5. The maximum absolute atomic E-state index is 13.5. The molecule has 0 aliphatic rings. The number of amides is 1. The molecule has 3 unspecified atom stereocenters. The van der Waals surface area contributed by atoms with Crippen molar-refractivity contribution in [3.63, 3.8) is 0 Å². The Morgan fingerprint density at radius 1 is 0.515 bits per heavy atom. The molecular weight excluding hydrogens is 868 g/mol. The topological polar surface area (TPSA) is 114 Å². The lowest BCUT2D eigenvalue weighted by molar-refractivity contribution is -0.870. The summed E-state index contributed by atoms with van der Waals surface area (Å²) >= 11 is 0. The van der Waals surface area contributed by atoms with Crippen LogP contribution < -0.4 is 10.2 Å². The molecule has 0 aromatic carbocycles. The number of nitrogens with one attached hydrogen (secondary N) is 1. The van der Waals surface area contributed by atoms with Gasteiger partial charge in [-0.05, 0) is 83.1 Å². The number of ether oxygens (including phenoxy) is 1. The lowest BCUT2D eigenvalue weighted by atomic mass is 10.0. The molecule has 1 amide bonds. The van der Waals surface area contributed by atoms with Crippen LogP contribution in [-0.2, 0) is 27.9 Å². The Labute approximate surface area is 420 Å². The quantitative estimate of drug-likeness (QED) is 0.0212. The zero-order valence-corrected chi connectivity index (χ0v) is 45.9. The van der Waals surface area contributed by atoms with Gasteiger partial charge in [0, 0.05) is 12.8 Å². The van der Waals surface area contributed by atoms with E-state index < -0.39 is 32.5 Å². The van der Waals surface area contributed by atoms with Crippen molar-refractivity contribution in [2.75, 3.05) is 40.9 Å². The first-order valence-corrected chi connectivity index (χ1v) is 29.6. The van der Waals surface area contributed by atoms with Gasteiger partial charge in [-0.2, -0.15) is 0 Å².